The van der Waals surface area contributed by atoms with Gasteiger partial charge in [0.15, 0.2) is 0 Å². The van der Waals surface area contributed by atoms with Crippen LogP contribution in [0.3, 0.4) is 0 Å². The first-order valence-corrected chi connectivity index (χ1v) is 12.5. The summed E-state index contributed by atoms with van der Waals surface area (Å²) in [6.07, 6.45) is 2.18. The summed E-state index contributed by atoms with van der Waals surface area (Å²) in [5.74, 6) is 0.181. The van der Waals surface area contributed by atoms with Crippen molar-refractivity contribution in [1.29, 1.82) is 0 Å². The van der Waals surface area contributed by atoms with Gasteiger partial charge in [0.2, 0.25) is 5.91 Å². The van der Waals surface area contributed by atoms with Crippen molar-refractivity contribution in [3.05, 3.63) is 59.2 Å². The van der Waals surface area contributed by atoms with Gasteiger partial charge in [-0.3, -0.25) is 9.59 Å². The number of aliphatic hydroxyl groups excluding tert-OH is 2. The first kappa shape index (κ1) is 25.6. The van der Waals surface area contributed by atoms with Crippen molar-refractivity contribution in [1.82, 2.24) is 9.80 Å². The van der Waals surface area contributed by atoms with Gasteiger partial charge in [-0.15, -0.1) is 0 Å². The highest BCUT2D eigenvalue weighted by Gasteiger charge is 2.32. The fraction of sp³-hybridized carbons (Fsp3) is 0.393. The van der Waals surface area contributed by atoms with E-state index in [0.29, 0.717) is 42.2 Å². The number of aliphatic hydroxyl groups is 2. The molecule has 2 atom stereocenters. The summed E-state index contributed by atoms with van der Waals surface area (Å²) in [6.45, 7) is 5.80. The Morgan fingerprint density at radius 2 is 1.61 bits per heavy atom. The molecule has 1 saturated heterocycles. The molecule has 0 saturated carbocycles. The molecule has 8 heteroatoms. The summed E-state index contributed by atoms with van der Waals surface area (Å²) < 4.78 is 0. The van der Waals surface area contributed by atoms with Crippen LogP contribution in [0, 0.1) is 0 Å². The van der Waals surface area contributed by atoms with E-state index in [1.807, 2.05) is 41.3 Å². The lowest BCUT2D eigenvalue weighted by Gasteiger charge is -2.22. The molecule has 0 radical (unpaired) electrons. The number of benzene rings is 2. The standard InChI is InChI=1S/C28H34N4O4/c1-3-11-31(12-4-2)28(36)22-13-21-10-9-20(14-23(21)30-26(29)15-22)18-5-7-19(8-6-18)27(35)32-16-24(33)25(34)17-32/h5-10,13-14,24-25,33-34H,3-4,11-12,15-17H2,1-2H3,(H2,29,30)/t24-,25-/m1/s1. The van der Waals surface area contributed by atoms with E-state index in [2.05, 4.69) is 18.8 Å². The van der Waals surface area contributed by atoms with Crippen LogP contribution in [0.15, 0.2) is 53.0 Å². The predicted octanol–water partition coefficient (Wildman–Crippen LogP) is 2.96. The van der Waals surface area contributed by atoms with E-state index in [-0.39, 0.29) is 24.9 Å². The summed E-state index contributed by atoms with van der Waals surface area (Å²) in [6, 6.07) is 13.0. The first-order valence-electron chi connectivity index (χ1n) is 12.5. The topological polar surface area (TPSA) is 119 Å². The maximum absolute atomic E-state index is 13.2. The van der Waals surface area contributed by atoms with Crippen LogP contribution < -0.4 is 5.73 Å². The molecule has 4 N–H and O–H groups in total. The van der Waals surface area contributed by atoms with Crippen LogP contribution in [0.2, 0.25) is 0 Å². The third-order valence-corrected chi connectivity index (χ3v) is 6.56. The molecule has 2 amide bonds. The zero-order valence-electron chi connectivity index (χ0n) is 20.9. The van der Waals surface area contributed by atoms with Crippen molar-refractivity contribution in [2.45, 2.75) is 45.3 Å². The molecule has 0 aromatic heterocycles. The van der Waals surface area contributed by atoms with Gasteiger partial charge in [-0.05, 0) is 48.2 Å². The number of amides is 2. The number of carbonyl (C=O) groups excluding carboxylic acids is 2. The molecule has 4 rings (SSSR count). The molecule has 36 heavy (non-hydrogen) atoms. The Labute approximate surface area is 211 Å². The van der Waals surface area contributed by atoms with E-state index in [1.165, 1.54) is 4.90 Å². The smallest absolute Gasteiger partial charge is 0.254 e. The monoisotopic (exact) mass is 490 g/mol. The van der Waals surface area contributed by atoms with Gasteiger partial charge in [0.05, 0.1) is 17.9 Å². The molecule has 0 unspecified atom stereocenters. The largest absolute Gasteiger partial charge is 0.388 e. The van der Waals surface area contributed by atoms with E-state index in [9.17, 15) is 19.8 Å². The van der Waals surface area contributed by atoms with Crippen molar-refractivity contribution >= 4 is 29.4 Å². The van der Waals surface area contributed by atoms with Crippen LogP contribution in [0.25, 0.3) is 17.2 Å². The Morgan fingerprint density at radius 1 is 1.00 bits per heavy atom. The number of likely N-dealkylation sites (tertiary alicyclic amines) is 1. The maximum atomic E-state index is 13.2. The highest BCUT2D eigenvalue weighted by atomic mass is 16.3. The second-order valence-corrected chi connectivity index (χ2v) is 9.44. The van der Waals surface area contributed by atoms with E-state index < -0.39 is 12.2 Å². The molecular weight excluding hydrogens is 456 g/mol. The second-order valence-electron chi connectivity index (χ2n) is 9.44. The number of hydrogen-bond donors (Lipinski definition) is 3. The molecule has 1 fully saturated rings. The minimum Gasteiger partial charge on any atom is -0.388 e. The van der Waals surface area contributed by atoms with Crippen LogP contribution in [0.4, 0.5) is 5.69 Å². The summed E-state index contributed by atoms with van der Waals surface area (Å²) >= 11 is 0. The third-order valence-electron chi connectivity index (χ3n) is 6.56. The fourth-order valence-electron chi connectivity index (χ4n) is 4.69. The van der Waals surface area contributed by atoms with E-state index >= 15 is 0 Å². The number of aliphatic imine (C=N–C) groups is 1. The van der Waals surface area contributed by atoms with Crippen LogP contribution in [0.1, 0.15) is 49.0 Å². The van der Waals surface area contributed by atoms with Crippen molar-refractivity contribution in [3.63, 3.8) is 0 Å². The van der Waals surface area contributed by atoms with Gasteiger partial charge in [0, 0.05) is 49.3 Å². The SMILES string of the molecule is CCCN(CCC)C(=O)C1=Cc2ccc(-c3ccc(C(=O)N4C[C@@H](O)[C@H](O)C4)cc3)cc2N=C(N)C1. The molecule has 2 aliphatic heterocycles. The Morgan fingerprint density at radius 3 is 2.22 bits per heavy atom. The summed E-state index contributed by atoms with van der Waals surface area (Å²) in [5, 5.41) is 19.5. The number of amidine groups is 1. The van der Waals surface area contributed by atoms with Gasteiger partial charge < -0.3 is 25.7 Å². The minimum absolute atomic E-state index is 0.00655. The summed E-state index contributed by atoms with van der Waals surface area (Å²) in [7, 11) is 0. The molecule has 8 nitrogen and oxygen atoms in total. The highest BCUT2D eigenvalue weighted by Crippen LogP contribution is 2.32. The van der Waals surface area contributed by atoms with Gasteiger partial charge >= 0.3 is 0 Å². The molecule has 0 bridgehead atoms. The van der Waals surface area contributed by atoms with Gasteiger partial charge in [0.25, 0.3) is 5.91 Å². The Balaban J connectivity index is 1.56. The molecule has 0 spiro atoms. The van der Waals surface area contributed by atoms with E-state index in [1.54, 1.807) is 12.1 Å². The van der Waals surface area contributed by atoms with Gasteiger partial charge in [-0.25, -0.2) is 4.99 Å². The molecule has 2 aromatic rings. The first-order chi connectivity index (χ1) is 17.3. The summed E-state index contributed by atoms with van der Waals surface area (Å²) in [4.78, 5) is 33.8. The predicted molar refractivity (Wildman–Crippen MR) is 141 cm³/mol. The third kappa shape index (κ3) is 5.50. The van der Waals surface area contributed by atoms with Crippen molar-refractivity contribution in [3.8, 4) is 11.1 Å². The Hall–Kier alpha value is -3.49. The van der Waals surface area contributed by atoms with Gasteiger partial charge in [-0.1, -0.05) is 38.1 Å². The van der Waals surface area contributed by atoms with Crippen LogP contribution in [-0.4, -0.2) is 76.0 Å². The zero-order chi connectivity index (χ0) is 25.8. The van der Waals surface area contributed by atoms with Crippen molar-refractivity contribution in [2.24, 2.45) is 10.7 Å². The number of carbonyl (C=O) groups is 2. The van der Waals surface area contributed by atoms with E-state index in [0.717, 1.165) is 29.5 Å². The fourth-order valence-corrected chi connectivity index (χ4v) is 4.69. The average Bonchev–Trinajstić information content (AvgIpc) is 3.11. The number of nitrogens with zero attached hydrogens (tertiary/aromatic N) is 3. The lowest BCUT2D eigenvalue weighted by Crippen LogP contribution is -2.34. The zero-order valence-corrected chi connectivity index (χ0v) is 20.9. The Bertz CT molecular complexity index is 1170. The number of β-amino-alcohol motifs (C(OH)–C–C–N with tert-alkyl or cyclic N) is 2. The molecular formula is C28H34N4O4. The molecule has 2 aromatic carbocycles. The quantitative estimate of drug-likeness (QED) is 0.551. The maximum Gasteiger partial charge on any atom is 0.254 e. The van der Waals surface area contributed by atoms with Crippen molar-refractivity contribution in [2.75, 3.05) is 26.2 Å². The van der Waals surface area contributed by atoms with Crippen LogP contribution >= 0.6 is 0 Å². The number of hydrogen-bond acceptors (Lipinski definition) is 6. The average molecular weight is 491 g/mol. The van der Waals surface area contributed by atoms with Gasteiger partial charge in [-0.2, -0.15) is 0 Å². The number of nitrogens with two attached hydrogens (primary N) is 1. The Kier molecular flexibility index (Phi) is 7.86. The molecule has 0 aliphatic carbocycles. The molecule has 190 valence electrons. The highest BCUT2D eigenvalue weighted by molar-refractivity contribution is 6.05. The lowest BCUT2D eigenvalue weighted by atomic mass is 9.99. The van der Waals surface area contributed by atoms with Crippen molar-refractivity contribution < 1.29 is 19.8 Å². The van der Waals surface area contributed by atoms with Gasteiger partial charge in [0.1, 0.15) is 5.84 Å². The van der Waals surface area contributed by atoms with Crippen LogP contribution in [0.5, 0.6) is 0 Å². The molecule has 2 aliphatic rings. The molecule has 2 heterocycles. The van der Waals surface area contributed by atoms with E-state index in [4.69, 9.17) is 5.73 Å². The van der Waals surface area contributed by atoms with Crippen LogP contribution in [-0.2, 0) is 4.79 Å². The normalized spacial score (nSPS) is 19.3. The second kappa shape index (κ2) is 11.1. The lowest BCUT2D eigenvalue weighted by molar-refractivity contribution is -0.127. The minimum atomic E-state index is -0.910. The summed E-state index contributed by atoms with van der Waals surface area (Å²) in [5.41, 5.74) is 10.7. The number of fused-ring (bicyclic) bond motifs is 1. The number of rotatable bonds is 7.